The number of Topliss-reactive ketones (excluding diaryl/α,β-unsaturated/α-hetero) is 1. The smallest absolute Gasteiger partial charge is 0.165 e. The number of carbonyl (C=O) groups excluding carboxylic acids is 1. The summed E-state index contributed by atoms with van der Waals surface area (Å²) in [5.41, 5.74) is 2.58. The van der Waals surface area contributed by atoms with Crippen LogP contribution in [0, 0.1) is 0 Å². The summed E-state index contributed by atoms with van der Waals surface area (Å²) >= 11 is 12.0. The highest BCUT2D eigenvalue weighted by Gasteiger charge is 2.25. The van der Waals surface area contributed by atoms with Gasteiger partial charge in [0, 0.05) is 28.1 Å². The van der Waals surface area contributed by atoms with E-state index in [1.807, 2.05) is 0 Å². The van der Waals surface area contributed by atoms with Gasteiger partial charge in [-0.15, -0.1) is 0 Å². The van der Waals surface area contributed by atoms with Crippen molar-refractivity contribution in [1.29, 1.82) is 0 Å². The standard InChI is InChI=1S/C11H7Cl2NO/c12-5-3-6-10-8(1-2-9(10)15)14-11(6)7(13)4-5/h3-4,14H,1-2H2. The second-order valence-electron chi connectivity index (χ2n) is 3.71. The Labute approximate surface area is 96.2 Å². The fourth-order valence-corrected chi connectivity index (χ4v) is 2.68. The SMILES string of the molecule is O=C1CCc2[nH]c3c(Cl)cc(Cl)cc3c21. The second-order valence-corrected chi connectivity index (χ2v) is 4.56. The molecule has 1 aromatic carbocycles. The van der Waals surface area contributed by atoms with Crippen LogP contribution in [0.15, 0.2) is 12.1 Å². The molecule has 1 aliphatic carbocycles. The topological polar surface area (TPSA) is 32.9 Å². The van der Waals surface area contributed by atoms with Crippen molar-refractivity contribution >= 4 is 39.9 Å². The number of aryl methyl sites for hydroxylation is 1. The van der Waals surface area contributed by atoms with Gasteiger partial charge in [0.15, 0.2) is 5.78 Å². The molecular formula is C11H7Cl2NO. The van der Waals surface area contributed by atoms with Gasteiger partial charge < -0.3 is 4.98 Å². The minimum absolute atomic E-state index is 0.176. The number of halogens is 2. The average Bonchev–Trinajstić information content (AvgIpc) is 2.68. The minimum atomic E-state index is 0.176. The predicted octanol–water partition coefficient (Wildman–Crippen LogP) is 3.60. The van der Waals surface area contributed by atoms with Crippen LogP contribution in [0.3, 0.4) is 0 Å². The zero-order chi connectivity index (χ0) is 10.6. The maximum atomic E-state index is 11.7. The van der Waals surface area contributed by atoms with Crippen LogP contribution in [0.5, 0.6) is 0 Å². The van der Waals surface area contributed by atoms with Crippen molar-refractivity contribution in [3.63, 3.8) is 0 Å². The van der Waals surface area contributed by atoms with E-state index in [4.69, 9.17) is 23.2 Å². The molecule has 0 saturated heterocycles. The fraction of sp³-hybridized carbons (Fsp3) is 0.182. The summed E-state index contributed by atoms with van der Waals surface area (Å²) in [5.74, 6) is 0.176. The molecule has 0 radical (unpaired) electrons. The maximum absolute atomic E-state index is 11.7. The Balaban J connectivity index is 2.47. The molecule has 2 aromatic rings. The van der Waals surface area contributed by atoms with Crippen molar-refractivity contribution in [1.82, 2.24) is 4.98 Å². The lowest BCUT2D eigenvalue weighted by atomic mass is 10.1. The van der Waals surface area contributed by atoms with Crippen molar-refractivity contribution in [2.75, 3.05) is 0 Å². The zero-order valence-electron chi connectivity index (χ0n) is 7.73. The Morgan fingerprint density at radius 3 is 2.80 bits per heavy atom. The summed E-state index contributed by atoms with van der Waals surface area (Å²) in [6.45, 7) is 0. The van der Waals surface area contributed by atoms with E-state index < -0.39 is 0 Å². The Hall–Kier alpha value is -0.990. The lowest BCUT2D eigenvalue weighted by molar-refractivity contribution is 0.0996. The lowest BCUT2D eigenvalue weighted by Gasteiger charge is -1.97. The summed E-state index contributed by atoms with van der Waals surface area (Å²) in [6, 6.07) is 3.48. The molecule has 1 N–H and O–H groups in total. The third kappa shape index (κ3) is 1.22. The average molecular weight is 240 g/mol. The molecular weight excluding hydrogens is 233 g/mol. The van der Waals surface area contributed by atoms with E-state index in [1.165, 1.54) is 0 Å². The third-order valence-corrected chi connectivity index (χ3v) is 3.30. The lowest BCUT2D eigenvalue weighted by Crippen LogP contribution is -1.89. The van der Waals surface area contributed by atoms with E-state index in [1.54, 1.807) is 12.1 Å². The molecule has 0 atom stereocenters. The van der Waals surface area contributed by atoms with Crippen LogP contribution < -0.4 is 0 Å². The zero-order valence-corrected chi connectivity index (χ0v) is 9.24. The van der Waals surface area contributed by atoms with Gasteiger partial charge in [-0.2, -0.15) is 0 Å². The van der Waals surface area contributed by atoms with E-state index in [0.29, 0.717) is 16.5 Å². The monoisotopic (exact) mass is 239 g/mol. The Bertz CT molecular complexity index is 586. The van der Waals surface area contributed by atoms with E-state index >= 15 is 0 Å². The van der Waals surface area contributed by atoms with Gasteiger partial charge in [-0.1, -0.05) is 23.2 Å². The van der Waals surface area contributed by atoms with E-state index in [0.717, 1.165) is 28.6 Å². The van der Waals surface area contributed by atoms with Crippen LogP contribution in [0.1, 0.15) is 22.5 Å². The first kappa shape index (κ1) is 9.25. The number of hydrogen-bond donors (Lipinski definition) is 1. The van der Waals surface area contributed by atoms with Crippen LogP contribution >= 0.6 is 23.2 Å². The van der Waals surface area contributed by atoms with Gasteiger partial charge >= 0.3 is 0 Å². The number of ketones is 1. The van der Waals surface area contributed by atoms with Crippen LogP contribution in [-0.2, 0) is 6.42 Å². The molecule has 15 heavy (non-hydrogen) atoms. The molecule has 3 rings (SSSR count). The number of aromatic amines is 1. The number of fused-ring (bicyclic) bond motifs is 3. The molecule has 76 valence electrons. The number of rotatable bonds is 0. The van der Waals surface area contributed by atoms with Gasteiger partial charge in [-0.25, -0.2) is 0 Å². The molecule has 0 saturated carbocycles. The molecule has 0 fully saturated rings. The van der Waals surface area contributed by atoms with Crippen molar-refractivity contribution in [2.45, 2.75) is 12.8 Å². The quantitative estimate of drug-likeness (QED) is 0.749. The van der Waals surface area contributed by atoms with E-state index in [9.17, 15) is 4.79 Å². The van der Waals surface area contributed by atoms with Gasteiger partial charge in [-0.3, -0.25) is 4.79 Å². The summed E-state index contributed by atoms with van der Waals surface area (Å²) < 4.78 is 0. The van der Waals surface area contributed by atoms with Crippen LogP contribution in [-0.4, -0.2) is 10.8 Å². The second kappa shape index (κ2) is 3.00. The van der Waals surface area contributed by atoms with Gasteiger partial charge in [0.1, 0.15) is 0 Å². The van der Waals surface area contributed by atoms with E-state index in [2.05, 4.69) is 4.98 Å². The number of benzene rings is 1. The molecule has 0 bridgehead atoms. The molecule has 0 spiro atoms. The highest BCUT2D eigenvalue weighted by atomic mass is 35.5. The molecule has 4 heteroatoms. The Morgan fingerprint density at radius 2 is 2.00 bits per heavy atom. The highest BCUT2D eigenvalue weighted by molar-refractivity contribution is 6.39. The molecule has 0 aliphatic heterocycles. The first-order valence-electron chi connectivity index (χ1n) is 4.69. The first-order valence-corrected chi connectivity index (χ1v) is 5.45. The predicted molar refractivity (Wildman–Crippen MR) is 61.0 cm³/mol. The number of carbonyl (C=O) groups is 1. The van der Waals surface area contributed by atoms with Crippen LogP contribution in [0.4, 0.5) is 0 Å². The fourth-order valence-electron chi connectivity index (χ4n) is 2.14. The first-order chi connectivity index (χ1) is 7.16. The van der Waals surface area contributed by atoms with E-state index in [-0.39, 0.29) is 5.78 Å². The van der Waals surface area contributed by atoms with Crippen LogP contribution in [0.25, 0.3) is 10.9 Å². The molecule has 2 nitrogen and oxygen atoms in total. The van der Waals surface area contributed by atoms with Crippen molar-refractivity contribution in [3.8, 4) is 0 Å². The van der Waals surface area contributed by atoms with Crippen molar-refractivity contribution in [2.24, 2.45) is 0 Å². The Morgan fingerprint density at radius 1 is 1.20 bits per heavy atom. The van der Waals surface area contributed by atoms with Gasteiger partial charge in [0.2, 0.25) is 0 Å². The Kier molecular flexibility index (Phi) is 1.85. The number of hydrogen-bond acceptors (Lipinski definition) is 1. The van der Waals surface area contributed by atoms with Gasteiger partial charge in [-0.05, 0) is 18.6 Å². The molecule has 1 aromatic heterocycles. The summed E-state index contributed by atoms with van der Waals surface area (Å²) in [5, 5.41) is 1.98. The van der Waals surface area contributed by atoms with Gasteiger partial charge in [0.05, 0.1) is 10.5 Å². The van der Waals surface area contributed by atoms with Crippen molar-refractivity contribution < 1.29 is 4.79 Å². The molecule has 1 heterocycles. The van der Waals surface area contributed by atoms with Crippen LogP contribution in [0.2, 0.25) is 10.0 Å². The molecule has 0 unspecified atom stereocenters. The number of nitrogens with one attached hydrogen (secondary N) is 1. The maximum Gasteiger partial charge on any atom is 0.165 e. The highest BCUT2D eigenvalue weighted by Crippen LogP contribution is 2.35. The van der Waals surface area contributed by atoms with Crippen molar-refractivity contribution in [3.05, 3.63) is 33.4 Å². The minimum Gasteiger partial charge on any atom is -0.357 e. The van der Waals surface area contributed by atoms with Gasteiger partial charge in [0.25, 0.3) is 0 Å². The number of H-pyrrole nitrogens is 1. The molecule has 1 aliphatic rings. The largest absolute Gasteiger partial charge is 0.357 e. The summed E-state index contributed by atoms with van der Waals surface area (Å²) in [6.07, 6.45) is 1.36. The third-order valence-electron chi connectivity index (χ3n) is 2.78. The number of aromatic nitrogens is 1. The normalized spacial score (nSPS) is 14.9. The summed E-state index contributed by atoms with van der Waals surface area (Å²) in [4.78, 5) is 14.8. The molecule has 0 amide bonds. The summed E-state index contributed by atoms with van der Waals surface area (Å²) in [7, 11) is 0.